The Morgan fingerprint density at radius 3 is 2.32 bits per heavy atom. The lowest BCUT2D eigenvalue weighted by molar-refractivity contribution is 0.0516. The summed E-state index contributed by atoms with van der Waals surface area (Å²) in [5, 5.41) is 9.38. The van der Waals surface area contributed by atoms with E-state index in [-0.39, 0.29) is 34.8 Å². The first-order chi connectivity index (χ1) is 10.4. The fourth-order valence-electron chi connectivity index (χ4n) is 1.85. The first-order valence-corrected chi connectivity index (χ1v) is 8.03. The van der Waals surface area contributed by atoms with E-state index in [4.69, 9.17) is 14.2 Å². The highest BCUT2D eigenvalue weighted by Crippen LogP contribution is 2.32. The lowest BCUT2D eigenvalue weighted by Crippen LogP contribution is -2.19. The van der Waals surface area contributed by atoms with E-state index < -0.39 is 18.0 Å². The van der Waals surface area contributed by atoms with E-state index >= 15 is 0 Å². The fourth-order valence-corrected chi connectivity index (χ4v) is 2.73. The molecule has 2 unspecified atom stereocenters. The number of rotatable bonds is 8. The van der Waals surface area contributed by atoms with Crippen LogP contribution in [-0.2, 0) is 9.47 Å². The third kappa shape index (κ3) is 5.31. The number of carbonyl (C=O) groups excluding carboxylic acids is 2. The summed E-state index contributed by atoms with van der Waals surface area (Å²) in [6, 6.07) is 1.48. The molecule has 2 atom stereocenters. The van der Waals surface area contributed by atoms with Gasteiger partial charge in [0.15, 0.2) is 4.88 Å². The average Bonchev–Trinajstić information content (AvgIpc) is 2.82. The summed E-state index contributed by atoms with van der Waals surface area (Å²) < 4.78 is 15.6. The molecule has 124 valence electrons. The van der Waals surface area contributed by atoms with Gasteiger partial charge in [0.05, 0.1) is 25.4 Å². The second-order valence-electron chi connectivity index (χ2n) is 4.76. The highest BCUT2D eigenvalue weighted by atomic mass is 32.1. The Bertz CT molecular complexity index is 508. The van der Waals surface area contributed by atoms with Crippen LogP contribution in [-0.4, -0.2) is 42.5 Å². The van der Waals surface area contributed by atoms with Crippen LogP contribution in [0.4, 0.5) is 0 Å². The first kappa shape index (κ1) is 18.4. The standard InChI is InChI=1S/C15H22O6S/c1-5-19-14(17)12-8-11(21-10(4)7-9(3)16)13(22-12)15(18)20-6-2/h8-10,16H,5-7H2,1-4H3. The molecule has 1 heterocycles. The molecule has 0 saturated carbocycles. The monoisotopic (exact) mass is 330 g/mol. The third-order valence-electron chi connectivity index (χ3n) is 2.64. The molecule has 0 aliphatic heterocycles. The number of thiophene rings is 1. The van der Waals surface area contributed by atoms with Gasteiger partial charge in [-0.25, -0.2) is 9.59 Å². The zero-order chi connectivity index (χ0) is 16.7. The van der Waals surface area contributed by atoms with Crippen LogP contribution in [0, 0.1) is 0 Å². The van der Waals surface area contributed by atoms with Crippen LogP contribution in [0.2, 0.25) is 0 Å². The Morgan fingerprint density at radius 2 is 1.77 bits per heavy atom. The molecule has 0 saturated heterocycles. The van der Waals surface area contributed by atoms with Gasteiger partial charge in [0.25, 0.3) is 0 Å². The van der Waals surface area contributed by atoms with Crippen molar-refractivity contribution in [3.63, 3.8) is 0 Å². The van der Waals surface area contributed by atoms with Crippen molar-refractivity contribution in [1.29, 1.82) is 0 Å². The van der Waals surface area contributed by atoms with Crippen LogP contribution in [0.5, 0.6) is 5.75 Å². The highest BCUT2D eigenvalue weighted by molar-refractivity contribution is 7.16. The summed E-state index contributed by atoms with van der Waals surface area (Å²) in [5.41, 5.74) is 0. The summed E-state index contributed by atoms with van der Waals surface area (Å²) in [6.07, 6.45) is -0.422. The van der Waals surface area contributed by atoms with Crippen molar-refractivity contribution in [3.8, 4) is 5.75 Å². The average molecular weight is 330 g/mol. The Balaban J connectivity index is 3.00. The third-order valence-corrected chi connectivity index (χ3v) is 3.71. The molecule has 0 fully saturated rings. The van der Waals surface area contributed by atoms with Gasteiger partial charge in [0.1, 0.15) is 10.6 Å². The predicted octanol–water partition coefficient (Wildman–Crippen LogP) is 2.64. The molecule has 1 N–H and O–H groups in total. The molecule has 6 nitrogen and oxygen atoms in total. The van der Waals surface area contributed by atoms with Gasteiger partial charge in [-0.05, 0) is 27.7 Å². The van der Waals surface area contributed by atoms with Crippen molar-refractivity contribution in [1.82, 2.24) is 0 Å². The van der Waals surface area contributed by atoms with Crippen LogP contribution < -0.4 is 4.74 Å². The number of ether oxygens (including phenoxy) is 3. The largest absolute Gasteiger partial charge is 0.489 e. The summed E-state index contributed by atoms with van der Waals surface area (Å²) in [6.45, 7) is 7.33. The molecular formula is C15H22O6S. The number of hydrogen-bond donors (Lipinski definition) is 1. The zero-order valence-electron chi connectivity index (χ0n) is 13.3. The molecule has 0 spiro atoms. The van der Waals surface area contributed by atoms with E-state index in [0.717, 1.165) is 11.3 Å². The van der Waals surface area contributed by atoms with Gasteiger partial charge in [0, 0.05) is 12.5 Å². The number of esters is 2. The van der Waals surface area contributed by atoms with Gasteiger partial charge in [-0.2, -0.15) is 0 Å². The van der Waals surface area contributed by atoms with Crippen LogP contribution in [0.25, 0.3) is 0 Å². The molecule has 1 aromatic heterocycles. The van der Waals surface area contributed by atoms with Crippen molar-refractivity contribution in [2.45, 2.75) is 46.3 Å². The molecule has 0 bridgehead atoms. The Labute approximate surface area is 134 Å². The molecule has 0 aliphatic carbocycles. The van der Waals surface area contributed by atoms with Crippen LogP contribution >= 0.6 is 11.3 Å². The van der Waals surface area contributed by atoms with Crippen LogP contribution in [0.15, 0.2) is 6.07 Å². The zero-order valence-corrected chi connectivity index (χ0v) is 14.1. The van der Waals surface area contributed by atoms with Crippen molar-refractivity contribution in [2.24, 2.45) is 0 Å². The van der Waals surface area contributed by atoms with Crippen LogP contribution in [0.1, 0.15) is 53.5 Å². The predicted molar refractivity (Wildman–Crippen MR) is 82.6 cm³/mol. The molecular weight excluding hydrogens is 308 g/mol. The molecule has 1 rings (SSSR count). The van der Waals surface area contributed by atoms with Crippen molar-refractivity contribution in [2.75, 3.05) is 13.2 Å². The van der Waals surface area contributed by atoms with E-state index in [9.17, 15) is 14.7 Å². The Hall–Kier alpha value is -1.60. The van der Waals surface area contributed by atoms with Crippen LogP contribution in [0.3, 0.4) is 0 Å². The minimum atomic E-state index is -0.540. The van der Waals surface area contributed by atoms with Gasteiger partial charge in [0.2, 0.25) is 0 Å². The minimum absolute atomic E-state index is 0.224. The molecule has 7 heteroatoms. The van der Waals surface area contributed by atoms with Gasteiger partial charge in [-0.1, -0.05) is 0 Å². The lowest BCUT2D eigenvalue weighted by atomic mass is 10.2. The molecule has 0 aromatic carbocycles. The number of carbonyl (C=O) groups is 2. The van der Waals surface area contributed by atoms with Gasteiger partial charge < -0.3 is 19.3 Å². The first-order valence-electron chi connectivity index (χ1n) is 7.21. The second-order valence-corrected chi connectivity index (χ2v) is 5.81. The number of aliphatic hydroxyl groups is 1. The summed E-state index contributed by atoms with van der Waals surface area (Å²) in [4.78, 5) is 24.3. The molecule has 0 amide bonds. The van der Waals surface area contributed by atoms with E-state index in [1.165, 1.54) is 6.07 Å². The Morgan fingerprint density at radius 1 is 1.18 bits per heavy atom. The normalized spacial score (nSPS) is 13.3. The molecule has 1 aromatic rings. The van der Waals surface area contributed by atoms with Crippen molar-refractivity contribution < 1.29 is 28.9 Å². The van der Waals surface area contributed by atoms with E-state index in [0.29, 0.717) is 6.42 Å². The minimum Gasteiger partial charge on any atom is -0.489 e. The highest BCUT2D eigenvalue weighted by Gasteiger charge is 2.24. The maximum Gasteiger partial charge on any atom is 0.352 e. The topological polar surface area (TPSA) is 82.1 Å². The number of hydrogen-bond acceptors (Lipinski definition) is 7. The van der Waals surface area contributed by atoms with Gasteiger partial charge in [-0.15, -0.1) is 11.3 Å². The molecule has 22 heavy (non-hydrogen) atoms. The second kappa shape index (κ2) is 8.75. The summed E-state index contributed by atoms with van der Waals surface area (Å²) >= 11 is 0.980. The smallest absolute Gasteiger partial charge is 0.352 e. The van der Waals surface area contributed by atoms with Gasteiger partial charge in [-0.3, -0.25) is 0 Å². The summed E-state index contributed by atoms with van der Waals surface area (Å²) in [5.74, 6) is -0.766. The lowest BCUT2D eigenvalue weighted by Gasteiger charge is -2.15. The maximum atomic E-state index is 12.0. The van der Waals surface area contributed by atoms with E-state index in [1.807, 2.05) is 0 Å². The number of aliphatic hydroxyl groups excluding tert-OH is 1. The quantitative estimate of drug-likeness (QED) is 0.738. The van der Waals surface area contributed by atoms with Crippen molar-refractivity contribution >= 4 is 23.3 Å². The van der Waals surface area contributed by atoms with Crippen molar-refractivity contribution in [3.05, 3.63) is 15.8 Å². The molecule has 0 aliphatic rings. The van der Waals surface area contributed by atoms with E-state index in [1.54, 1.807) is 27.7 Å². The van der Waals surface area contributed by atoms with E-state index in [2.05, 4.69) is 0 Å². The fraction of sp³-hybridized carbons (Fsp3) is 0.600. The molecule has 0 radical (unpaired) electrons. The SMILES string of the molecule is CCOC(=O)c1cc(OC(C)CC(C)O)c(C(=O)OCC)s1. The Kier molecular flexibility index (Phi) is 7.34. The maximum absolute atomic E-state index is 12.0. The summed E-state index contributed by atoms with van der Waals surface area (Å²) in [7, 11) is 0. The van der Waals surface area contributed by atoms with Gasteiger partial charge >= 0.3 is 11.9 Å².